The average molecular weight is 240 g/mol. The van der Waals surface area contributed by atoms with E-state index in [0.29, 0.717) is 0 Å². The fourth-order valence-electron chi connectivity index (χ4n) is 1.33. The van der Waals surface area contributed by atoms with E-state index < -0.39 is 18.1 Å². The van der Waals surface area contributed by atoms with Gasteiger partial charge >= 0.3 is 5.97 Å². The number of nitriles is 1. The molecule has 1 aromatic rings. The maximum absolute atomic E-state index is 12.6. The highest BCUT2D eigenvalue weighted by molar-refractivity contribution is 5.73. The summed E-state index contributed by atoms with van der Waals surface area (Å²) in [5.41, 5.74) is -0.652. The Labute approximate surface area is 96.8 Å². The molecule has 4 nitrogen and oxygen atoms in total. The number of esters is 1. The lowest BCUT2D eigenvalue weighted by Gasteiger charge is -2.07. The SMILES string of the molecule is CCOC(=O)Cc1ccnc(C(F)F)c1C#N. The van der Waals surface area contributed by atoms with Crippen LogP contribution in [0.25, 0.3) is 0 Å². The maximum Gasteiger partial charge on any atom is 0.310 e. The molecule has 0 aliphatic heterocycles. The van der Waals surface area contributed by atoms with Crippen LogP contribution in [0.1, 0.15) is 30.2 Å². The van der Waals surface area contributed by atoms with Gasteiger partial charge in [0.1, 0.15) is 11.8 Å². The van der Waals surface area contributed by atoms with Crippen molar-refractivity contribution in [2.24, 2.45) is 0 Å². The number of ether oxygens (including phenoxy) is 1. The second kappa shape index (κ2) is 5.89. The second-order valence-corrected chi connectivity index (χ2v) is 3.12. The Kier molecular flexibility index (Phi) is 4.52. The van der Waals surface area contributed by atoms with Crippen molar-refractivity contribution in [1.82, 2.24) is 4.98 Å². The summed E-state index contributed by atoms with van der Waals surface area (Å²) in [6.07, 6.45) is -1.90. The normalized spacial score (nSPS) is 10.1. The lowest BCUT2D eigenvalue weighted by molar-refractivity contribution is -0.142. The van der Waals surface area contributed by atoms with Crippen LogP contribution >= 0.6 is 0 Å². The first-order valence-electron chi connectivity index (χ1n) is 4.91. The summed E-state index contributed by atoms with van der Waals surface area (Å²) in [4.78, 5) is 14.7. The van der Waals surface area contributed by atoms with Crippen LogP contribution in [-0.2, 0) is 16.0 Å². The number of halogens is 2. The zero-order valence-electron chi connectivity index (χ0n) is 9.11. The van der Waals surface area contributed by atoms with Crippen LogP contribution in [0.4, 0.5) is 8.78 Å². The molecule has 0 aliphatic carbocycles. The Morgan fingerprint density at radius 1 is 1.65 bits per heavy atom. The summed E-state index contributed by atoms with van der Waals surface area (Å²) >= 11 is 0. The van der Waals surface area contributed by atoms with Gasteiger partial charge in [-0.1, -0.05) is 0 Å². The van der Waals surface area contributed by atoms with E-state index in [0.717, 1.165) is 6.20 Å². The lowest BCUT2D eigenvalue weighted by atomic mass is 10.0. The number of hydrogen-bond acceptors (Lipinski definition) is 4. The highest BCUT2D eigenvalue weighted by Crippen LogP contribution is 2.22. The zero-order chi connectivity index (χ0) is 12.8. The second-order valence-electron chi connectivity index (χ2n) is 3.12. The third kappa shape index (κ3) is 3.21. The molecule has 0 fully saturated rings. The van der Waals surface area contributed by atoms with Gasteiger partial charge in [0.25, 0.3) is 6.43 Å². The molecule has 6 heteroatoms. The molecule has 1 aromatic heterocycles. The summed E-state index contributed by atoms with van der Waals surface area (Å²) in [6.45, 7) is 1.84. The first-order chi connectivity index (χ1) is 8.10. The Hall–Kier alpha value is -2.03. The van der Waals surface area contributed by atoms with Crippen molar-refractivity contribution in [2.75, 3.05) is 6.61 Å². The van der Waals surface area contributed by atoms with Crippen molar-refractivity contribution in [2.45, 2.75) is 19.8 Å². The summed E-state index contributed by atoms with van der Waals surface area (Å²) in [6, 6.07) is 3.01. The van der Waals surface area contributed by atoms with Gasteiger partial charge in [-0.2, -0.15) is 5.26 Å². The molecule has 0 amide bonds. The lowest BCUT2D eigenvalue weighted by Crippen LogP contribution is -2.10. The van der Waals surface area contributed by atoms with Crippen LogP contribution < -0.4 is 0 Å². The highest BCUT2D eigenvalue weighted by atomic mass is 19.3. The number of alkyl halides is 2. The topological polar surface area (TPSA) is 63.0 Å². The quantitative estimate of drug-likeness (QED) is 0.755. The Bertz CT molecular complexity index is 455. The van der Waals surface area contributed by atoms with Gasteiger partial charge in [0.2, 0.25) is 0 Å². The molecule has 0 bridgehead atoms. The summed E-state index contributed by atoms with van der Waals surface area (Å²) in [5.74, 6) is -0.560. The number of rotatable bonds is 4. The molecule has 0 unspecified atom stereocenters. The Balaban J connectivity index is 3.04. The van der Waals surface area contributed by atoms with Crippen LogP contribution in [-0.4, -0.2) is 17.6 Å². The molecule has 1 heterocycles. The molecule has 0 aromatic carbocycles. The van der Waals surface area contributed by atoms with Gasteiger partial charge < -0.3 is 4.74 Å². The number of pyridine rings is 1. The molecule has 0 aliphatic rings. The highest BCUT2D eigenvalue weighted by Gasteiger charge is 2.19. The zero-order valence-corrected chi connectivity index (χ0v) is 9.11. The van der Waals surface area contributed by atoms with Crippen LogP contribution in [0.15, 0.2) is 12.3 Å². The minimum Gasteiger partial charge on any atom is -0.466 e. The van der Waals surface area contributed by atoms with Gasteiger partial charge in [-0.05, 0) is 18.6 Å². The van der Waals surface area contributed by atoms with Gasteiger partial charge in [0.05, 0.1) is 18.6 Å². The van der Waals surface area contributed by atoms with Gasteiger partial charge in [0, 0.05) is 6.20 Å². The number of nitrogens with zero attached hydrogens (tertiary/aromatic N) is 2. The molecule has 17 heavy (non-hydrogen) atoms. The van der Waals surface area contributed by atoms with Crippen LogP contribution in [0.2, 0.25) is 0 Å². The van der Waals surface area contributed by atoms with E-state index in [-0.39, 0.29) is 24.2 Å². The maximum atomic E-state index is 12.6. The standard InChI is InChI=1S/C11H10F2N2O2/c1-2-17-9(16)5-7-3-4-15-10(11(12)13)8(7)6-14/h3-4,11H,2,5H2,1H3. The first-order valence-corrected chi connectivity index (χ1v) is 4.91. The van der Waals surface area contributed by atoms with E-state index in [1.54, 1.807) is 13.0 Å². The molecular formula is C11H10F2N2O2. The predicted molar refractivity (Wildman–Crippen MR) is 54.2 cm³/mol. The van der Waals surface area contributed by atoms with Crippen molar-refractivity contribution in [3.05, 3.63) is 29.1 Å². The molecule has 0 spiro atoms. The van der Waals surface area contributed by atoms with Gasteiger partial charge in [-0.3, -0.25) is 9.78 Å². The fraction of sp³-hybridized carbons (Fsp3) is 0.364. The molecule has 0 N–H and O–H groups in total. The van der Waals surface area contributed by atoms with Crippen LogP contribution in [0.3, 0.4) is 0 Å². The minimum atomic E-state index is -2.84. The third-order valence-corrected chi connectivity index (χ3v) is 2.03. The summed E-state index contributed by atoms with van der Waals surface area (Å²) in [5, 5.41) is 8.82. The molecular weight excluding hydrogens is 230 g/mol. The van der Waals surface area contributed by atoms with E-state index in [1.807, 2.05) is 0 Å². The minimum absolute atomic E-state index is 0.202. The van der Waals surface area contributed by atoms with E-state index in [1.165, 1.54) is 6.07 Å². The number of carbonyl (C=O) groups is 1. The van der Waals surface area contributed by atoms with Gasteiger partial charge in [0.15, 0.2) is 0 Å². The monoisotopic (exact) mass is 240 g/mol. The van der Waals surface area contributed by atoms with Crippen molar-refractivity contribution < 1.29 is 18.3 Å². The van der Waals surface area contributed by atoms with Crippen molar-refractivity contribution in [1.29, 1.82) is 5.26 Å². The number of hydrogen-bond donors (Lipinski definition) is 0. The van der Waals surface area contributed by atoms with E-state index >= 15 is 0 Å². The molecule has 1 rings (SSSR count). The van der Waals surface area contributed by atoms with E-state index in [9.17, 15) is 13.6 Å². The fourth-order valence-corrected chi connectivity index (χ4v) is 1.33. The third-order valence-electron chi connectivity index (χ3n) is 2.03. The van der Waals surface area contributed by atoms with Crippen molar-refractivity contribution >= 4 is 5.97 Å². The van der Waals surface area contributed by atoms with E-state index in [4.69, 9.17) is 5.26 Å². The average Bonchev–Trinajstić information content (AvgIpc) is 2.28. The van der Waals surface area contributed by atoms with E-state index in [2.05, 4.69) is 9.72 Å². The Morgan fingerprint density at radius 2 is 2.35 bits per heavy atom. The van der Waals surface area contributed by atoms with Crippen LogP contribution in [0, 0.1) is 11.3 Å². The summed E-state index contributed by atoms with van der Waals surface area (Å²) < 4.78 is 29.8. The molecule has 0 saturated carbocycles. The predicted octanol–water partition coefficient (Wildman–Crippen LogP) is 2.00. The van der Waals surface area contributed by atoms with Crippen LogP contribution in [0.5, 0.6) is 0 Å². The molecule has 90 valence electrons. The van der Waals surface area contributed by atoms with Gasteiger partial charge in [-0.25, -0.2) is 8.78 Å². The van der Waals surface area contributed by atoms with Crippen molar-refractivity contribution in [3.63, 3.8) is 0 Å². The van der Waals surface area contributed by atoms with Crippen molar-refractivity contribution in [3.8, 4) is 6.07 Å². The molecule has 0 radical (unpaired) electrons. The van der Waals surface area contributed by atoms with Gasteiger partial charge in [-0.15, -0.1) is 0 Å². The molecule has 0 saturated heterocycles. The Morgan fingerprint density at radius 3 is 2.88 bits per heavy atom. The largest absolute Gasteiger partial charge is 0.466 e. The molecule has 0 atom stereocenters. The first kappa shape index (κ1) is 13.0. The number of aromatic nitrogens is 1. The summed E-state index contributed by atoms with van der Waals surface area (Å²) in [7, 11) is 0. The smallest absolute Gasteiger partial charge is 0.310 e. The number of carbonyl (C=O) groups excluding carboxylic acids is 1.